The van der Waals surface area contributed by atoms with Crippen molar-refractivity contribution in [2.75, 3.05) is 32.8 Å². The highest BCUT2D eigenvalue weighted by molar-refractivity contribution is 5.95. The molecule has 4 rings (SSSR count). The van der Waals surface area contributed by atoms with Gasteiger partial charge >= 0.3 is 0 Å². The summed E-state index contributed by atoms with van der Waals surface area (Å²) in [5, 5.41) is 13.8. The van der Waals surface area contributed by atoms with Crippen LogP contribution in [0.2, 0.25) is 0 Å². The summed E-state index contributed by atoms with van der Waals surface area (Å²) in [5.74, 6) is 0.476. The van der Waals surface area contributed by atoms with Crippen molar-refractivity contribution in [3.8, 4) is 11.4 Å². The van der Waals surface area contributed by atoms with Crippen LogP contribution in [0.3, 0.4) is 0 Å². The maximum atomic E-state index is 13.3. The number of nitrogens with one attached hydrogen (secondary N) is 1. The molecule has 1 saturated heterocycles. The summed E-state index contributed by atoms with van der Waals surface area (Å²) in [6, 6.07) is 12.8. The Bertz CT molecular complexity index is 1190. The number of aliphatic hydroxyl groups is 1. The van der Waals surface area contributed by atoms with Crippen molar-refractivity contribution in [3.63, 3.8) is 0 Å². The van der Waals surface area contributed by atoms with E-state index >= 15 is 0 Å². The minimum Gasteiger partial charge on any atom is -0.492 e. The molecule has 7 heteroatoms. The molecule has 2 heterocycles. The predicted octanol–water partition coefficient (Wildman–Crippen LogP) is 2.49. The maximum Gasteiger partial charge on any atom is 0.263 e. The van der Waals surface area contributed by atoms with Crippen LogP contribution in [0.4, 0.5) is 0 Å². The van der Waals surface area contributed by atoms with E-state index in [1.165, 1.54) is 0 Å². The minimum absolute atomic E-state index is 0.160. The number of carbonyl (C=O) groups excluding carboxylic acids is 1. The first-order valence-electron chi connectivity index (χ1n) is 11.0. The normalized spacial score (nSPS) is 16.4. The van der Waals surface area contributed by atoms with Crippen LogP contribution >= 0.6 is 0 Å². The molecule has 168 valence electrons. The van der Waals surface area contributed by atoms with Crippen molar-refractivity contribution in [2.45, 2.75) is 26.4 Å². The molecule has 1 aliphatic heterocycles. The predicted molar refractivity (Wildman–Crippen MR) is 125 cm³/mol. The second-order valence-electron chi connectivity index (χ2n) is 8.19. The molecule has 0 radical (unpaired) electrons. The average molecular weight is 436 g/mol. The Hall–Kier alpha value is -3.16. The summed E-state index contributed by atoms with van der Waals surface area (Å²) in [5.41, 5.74) is 1.94. The van der Waals surface area contributed by atoms with E-state index in [1.54, 1.807) is 29.0 Å². The molecule has 1 fully saturated rings. The van der Waals surface area contributed by atoms with Crippen LogP contribution < -0.4 is 15.6 Å². The molecule has 1 aromatic heterocycles. The van der Waals surface area contributed by atoms with Gasteiger partial charge in [0.1, 0.15) is 12.4 Å². The molecule has 0 aliphatic carbocycles. The lowest BCUT2D eigenvalue weighted by molar-refractivity contribution is 0.0955. The number of aryl methyl sites for hydroxylation is 1. The molecule has 3 aromatic rings. The highest BCUT2D eigenvalue weighted by Crippen LogP contribution is 2.21. The van der Waals surface area contributed by atoms with Crippen molar-refractivity contribution in [3.05, 3.63) is 70.1 Å². The first kappa shape index (κ1) is 22.0. The van der Waals surface area contributed by atoms with Gasteiger partial charge in [0.05, 0.1) is 17.2 Å². The summed E-state index contributed by atoms with van der Waals surface area (Å²) in [6.45, 7) is 7.12. The largest absolute Gasteiger partial charge is 0.492 e. The van der Waals surface area contributed by atoms with Crippen LogP contribution in [0.15, 0.2) is 53.5 Å². The summed E-state index contributed by atoms with van der Waals surface area (Å²) in [6.07, 6.45) is 2.30. The van der Waals surface area contributed by atoms with E-state index in [0.717, 1.165) is 30.5 Å². The third-order valence-corrected chi connectivity index (χ3v) is 5.87. The Labute approximate surface area is 187 Å². The number of nitrogens with zero attached hydrogens (tertiary/aromatic N) is 2. The van der Waals surface area contributed by atoms with Crippen molar-refractivity contribution in [1.29, 1.82) is 0 Å². The third-order valence-electron chi connectivity index (χ3n) is 5.87. The molecule has 0 unspecified atom stereocenters. The van der Waals surface area contributed by atoms with E-state index in [1.807, 2.05) is 38.1 Å². The Morgan fingerprint density at radius 2 is 2.06 bits per heavy atom. The lowest BCUT2D eigenvalue weighted by atomic mass is 10.1. The summed E-state index contributed by atoms with van der Waals surface area (Å²) < 4.78 is 7.47. The van der Waals surface area contributed by atoms with Gasteiger partial charge in [0.25, 0.3) is 11.5 Å². The molecule has 0 spiro atoms. The van der Waals surface area contributed by atoms with Gasteiger partial charge in [-0.3, -0.25) is 19.1 Å². The van der Waals surface area contributed by atoms with Gasteiger partial charge in [0.15, 0.2) is 0 Å². The number of benzene rings is 2. The van der Waals surface area contributed by atoms with Crippen LogP contribution in [0, 0.1) is 6.92 Å². The zero-order valence-electron chi connectivity index (χ0n) is 18.5. The quantitative estimate of drug-likeness (QED) is 0.596. The van der Waals surface area contributed by atoms with Crippen molar-refractivity contribution >= 4 is 16.7 Å². The number of amides is 1. The third kappa shape index (κ3) is 4.69. The van der Waals surface area contributed by atoms with E-state index in [4.69, 9.17) is 4.74 Å². The Balaban J connectivity index is 1.60. The molecule has 0 saturated carbocycles. The van der Waals surface area contributed by atoms with Crippen LogP contribution in [0.1, 0.15) is 29.3 Å². The zero-order chi connectivity index (χ0) is 22.7. The fourth-order valence-corrected chi connectivity index (χ4v) is 4.08. The number of hydrogen-bond acceptors (Lipinski definition) is 5. The molecule has 2 aromatic carbocycles. The average Bonchev–Trinajstić information content (AvgIpc) is 3.20. The number of aromatic nitrogens is 1. The number of ether oxygens (including phenoxy) is 1. The van der Waals surface area contributed by atoms with Gasteiger partial charge in [-0.25, -0.2) is 0 Å². The maximum absolute atomic E-state index is 13.3. The lowest BCUT2D eigenvalue weighted by Gasteiger charge is -2.16. The van der Waals surface area contributed by atoms with E-state index in [0.29, 0.717) is 42.1 Å². The van der Waals surface area contributed by atoms with Gasteiger partial charge in [-0.15, -0.1) is 0 Å². The second-order valence-corrected chi connectivity index (χ2v) is 8.19. The molecule has 7 nitrogen and oxygen atoms in total. The van der Waals surface area contributed by atoms with Gasteiger partial charge in [-0.05, 0) is 61.5 Å². The van der Waals surface area contributed by atoms with E-state index in [9.17, 15) is 14.7 Å². The molecular formula is C25H29N3O4. The number of β-amino-alcohol motifs (C(OH)–C–C–N with tert-alkyl or cyclic N) is 1. The monoisotopic (exact) mass is 435 g/mol. The van der Waals surface area contributed by atoms with E-state index in [2.05, 4.69) is 10.2 Å². The van der Waals surface area contributed by atoms with Crippen molar-refractivity contribution in [2.24, 2.45) is 0 Å². The van der Waals surface area contributed by atoms with Crippen LogP contribution in [-0.4, -0.2) is 59.4 Å². The van der Waals surface area contributed by atoms with Gasteiger partial charge in [-0.2, -0.15) is 0 Å². The SMILES string of the molecule is CCNC(=O)c1ccc(C)c(-n2ccc3ccc(OCCN4CC[C@@H](O)C4)cc3c2=O)c1. The number of rotatable bonds is 7. The molecule has 1 aliphatic rings. The Morgan fingerprint density at radius 1 is 1.22 bits per heavy atom. The smallest absolute Gasteiger partial charge is 0.263 e. The molecular weight excluding hydrogens is 406 g/mol. The van der Waals surface area contributed by atoms with Gasteiger partial charge in [0.2, 0.25) is 0 Å². The first-order chi connectivity index (χ1) is 15.5. The van der Waals surface area contributed by atoms with Gasteiger partial charge < -0.3 is 15.2 Å². The van der Waals surface area contributed by atoms with Crippen LogP contribution in [-0.2, 0) is 0 Å². The van der Waals surface area contributed by atoms with Crippen molar-refractivity contribution in [1.82, 2.24) is 14.8 Å². The first-order valence-corrected chi connectivity index (χ1v) is 11.0. The standard InChI is InChI=1S/C25H29N3O4/c1-3-26-24(30)19-5-4-17(2)23(14-19)28-11-8-18-6-7-21(15-22(18)25(28)31)32-13-12-27-10-9-20(29)16-27/h4-8,11,14-15,20,29H,3,9-10,12-13,16H2,1-2H3,(H,26,30)/t20-/m1/s1. The lowest BCUT2D eigenvalue weighted by Crippen LogP contribution is -2.27. The molecule has 1 atom stereocenters. The topological polar surface area (TPSA) is 83.8 Å². The molecule has 32 heavy (non-hydrogen) atoms. The second kappa shape index (κ2) is 9.54. The van der Waals surface area contributed by atoms with E-state index < -0.39 is 0 Å². The zero-order valence-corrected chi connectivity index (χ0v) is 18.5. The summed E-state index contributed by atoms with van der Waals surface area (Å²) in [7, 11) is 0. The van der Waals surface area contributed by atoms with E-state index in [-0.39, 0.29) is 17.6 Å². The number of fused-ring (bicyclic) bond motifs is 1. The van der Waals surface area contributed by atoms with Crippen molar-refractivity contribution < 1.29 is 14.6 Å². The molecule has 0 bridgehead atoms. The fourth-order valence-electron chi connectivity index (χ4n) is 4.08. The summed E-state index contributed by atoms with van der Waals surface area (Å²) >= 11 is 0. The van der Waals surface area contributed by atoms with Crippen LogP contribution in [0.5, 0.6) is 5.75 Å². The highest BCUT2D eigenvalue weighted by atomic mass is 16.5. The highest BCUT2D eigenvalue weighted by Gasteiger charge is 2.19. The number of carbonyl (C=O) groups is 1. The Kier molecular flexibility index (Phi) is 6.58. The summed E-state index contributed by atoms with van der Waals surface area (Å²) in [4.78, 5) is 27.8. The fraction of sp³-hybridized carbons (Fsp3) is 0.360. The van der Waals surface area contributed by atoms with Crippen LogP contribution in [0.25, 0.3) is 16.5 Å². The number of aliphatic hydroxyl groups excluding tert-OH is 1. The van der Waals surface area contributed by atoms with Gasteiger partial charge in [-0.1, -0.05) is 12.1 Å². The van der Waals surface area contributed by atoms with Gasteiger partial charge in [0, 0.05) is 37.9 Å². The number of hydrogen-bond donors (Lipinski definition) is 2. The Morgan fingerprint density at radius 3 is 2.81 bits per heavy atom. The number of pyridine rings is 1. The number of likely N-dealkylation sites (tertiary alicyclic amines) is 1. The molecule has 1 amide bonds. The molecule has 2 N–H and O–H groups in total. The minimum atomic E-state index is -0.246.